The molecule has 144 valence electrons. The van der Waals surface area contributed by atoms with Crippen molar-refractivity contribution in [3.8, 4) is 5.75 Å². The average molecular weight is 390 g/mol. The third kappa shape index (κ3) is 5.16. The lowest BCUT2D eigenvalue weighted by Crippen LogP contribution is -2.36. The molecule has 0 spiro atoms. The van der Waals surface area contributed by atoms with Gasteiger partial charge in [0.05, 0.1) is 23.3 Å². The summed E-state index contributed by atoms with van der Waals surface area (Å²) in [5.74, 6) is 0.757. The number of aromatic nitrogens is 2. The maximum Gasteiger partial charge on any atom is 0.270 e. The van der Waals surface area contributed by atoms with Gasteiger partial charge in [-0.1, -0.05) is 12.1 Å². The van der Waals surface area contributed by atoms with Crippen LogP contribution in [0.4, 0.5) is 11.5 Å². The lowest BCUT2D eigenvalue weighted by atomic mass is 10.2. The lowest BCUT2D eigenvalue weighted by molar-refractivity contribution is 0.0936. The number of sulfone groups is 1. The van der Waals surface area contributed by atoms with Crippen molar-refractivity contribution in [3.63, 3.8) is 0 Å². The van der Waals surface area contributed by atoms with Gasteiger partial charge in [0.25, 0.3) is 5.91 Å². The lowest BCUT2D eigenvalue weighted by Gasteiger charge is -2.15. The first-order valence-corrected chi connectivity index (χ1v) is 10.5. The van der Waals surface area contributed by atoms with Crippen LogP contribution in [0.25, 0.3) is 0 Å². The number of ether oxygens (including phenoxy) is 1. The molecule has 1 aromatic carbocycles. The highest BCUT2D eigenvalue weighted by Gasteiger charge is 2.29. The molecule has 1 aromatic heterocycles. The molecular weight excluding hydrogens is 368 g/mol. The molecule has 8 nitrogen and oxygen atoms in total. The van der Waals surface area contributed by atoms with Crippen molar-refractivity contribution in [2.45, 2.75) is 32.4 Å². The van der Waals surface area contributed by atoms with Crippen LogP contribution < -0.4 is 15.4 Å². The van der Waals surface area contributed by atoms with E-state index in [1.54, 1.807) is 0 Å². The Balaban J connectivity index is 1.72. The maximum absolute atomic E-state index is 12.4. The molecule has 3 rings (SSSR count). The zero-order valence-electron chi connectivity index (χ0n) is 15.2. The van der Waals surface area contributed by atoms with E-state index in [-0.39, 0.29) is 29.3 Å². The Morgan fingerprint density at radius 2 is 2.04 bits per heavy atom. The van der Waals surface area contributed by atoms with Gasteiger partial charge in [-0.05, 0) is 32.4 Å². The average Bonchev–Trinajstić information content (AvgIpc) is 2.95. The number of hydrogen-bond donors (Lipinski definition) is 2. The van der Waals surface area contributed by atoms with Crippen molar-refractivity contribution in [2.75, 3.05) is 16.8 Å². The van der Waals surface area contributed by atoms with Gasteiger partial charge in [0.2, 0.25) is 0 Å². The number of anilines is 2. The quantitative estimate of drug-likeness (QED) is 0.775. The Hall–Kier alpha value is -2.68. The fraction of sp³-hybridized carbons (Fsp3) is 0.389. The van der Waals surface area contributed by atoms with Crippen molar-refractivity contribution < 1.29 is 17.9 Å². The van der Waals surface area contributed by atoms with Crippen molar-refractivity contribution >= 4 is 27.2 Å². The molecule has 9 heteroatoms. The number of carbonyl (C=O) groups is 1. The Morgan fingerprint density at radius 3 is 2.74 bits per heavy atom. The second-order valence-corrected chi connectivity index (χ2v) is 8.88. The Bertz CT molecular complexity index is 930. The van der Waals surface area contributed by atoms with Gasteiger partial charge in [-0.15, -0.1) is 0 Å². The van der Waals surface area contributed by atoms with E-state index >= 15 is 0 Å². The molecule has 0 radical (unpaired) electrons. The fourth-order valence-electron chi connectivity index (χ4n) is 2.78. The summed E-state index contributed by atoms with van der Waals surface area (Å²) < 4.78 is 28.8. The Labute approximate surface area is 158 Å². The van der Waals surface area contributed by atoms with E-state index in [4.69, 9.17) is 4.74 Å². The standard InChI is InChI=1S/C18H22N4O4S/c1-12(2)26-16-6-4-3-5-14(16)22-17-9-15(19-11-20-17)18(23)21-13-7-8-27(24,25)10-13/h3-6,9,11-13H,7-8,10H2,1-2H3,(H,21,23)(H,19,20,22). The summed E-state index contributed by atoms with van der Waals surface area (Å²) in [6.07, 6.45) is 1.72. The summed E-state index contributed by atoms with van der Waals surface area (Å²) >= 11 is 0. The van der Waals surface area contributed by atoms with Gasteiger partial charge in [0.15, 0.2) is 9.84 Å². The molecule has 0 aliphatic carbocycles. The zero-order valence-corrected chi connectivity index (χ0v) is 16.0. The van der Waals surface area contributed by atoms with Crippen LogP contribution in [-0.4, -0.2) is 47.9 Å². The molecule has 0 saturated carbocycles. The second-order valence-electron chi connectivity index (χ2n) is 6.65. The highest BCUT2D eigenvalue weighted by molar-refractivity contribution is 7.91. The number of para-hydroxylation sites is 2. The normalized spacial score (nSPS) is 18.3. The summed E-state index contributed by atoms with van der Waals surface area (Å²) in [5, 5.41) is 5.85. The summed E-state index contributed by atoms with van der Waals surface area (Å²) in [4.78, 5) is 20.5. The van der Waals surface area contributed by atoms with E-state index in [9.17, 15) is 13.2 Å². The molecule has 2 heterocycles. The predicted molar refractivity (Wildman–Crippen MR) is 102 cm³/mol. The highest BCUT2D eigenvalue weighted by Crippen LogP contribution is 2.27. The number of hydrogen-bond acceptors (Lipinski definition) is 7. The summed E-state index contributed by atoms with van der Waals surface area (Å²) in [6, 6.07) is 8.57. The topological polar surface area (TPSA) is 110 Å². The van der Waals surface area contributed by atoms with Crippen molar-refractivity contribution in [1.29, 1.82) is 0 Å². The summed E-state index contributed by atoms with van der Waals surface area (Å²) in [7, 11) is -3.06. The van der Waals surface area contributed by atoms with Crippen LogP contribution in [0.5, 0.6) is 5.75 Å². The molecule has 1 fully saturated rings. The van der Waals surface area contributed by atoms with Crippen LogP contribution in [-0.2, 0) is 9.84 Å². The van der Waals surface area contributed by atoms with Crippen LogP contribution in [0.3, 0.4) is 0 Å². The first-order valence-electron chi connectivity index (χ1n) is 8.68. The van der Waals surface area contributed by atoms with Gasteiger partial charge in [-0.25, -0.2) is 18.4 Å². The van der Waals surface area contributed by atoms with Gasteiger partial charge in [0.1, 0.15) is 23.6 Å². The number of benzene rings is 1. The highest BCUT2D eigenvalue weighted by atomic mass is 32.2. The first kappa shape index (κ1) is 19.1. The third-order valence-corrected chi connectivity index (χ3v) is 5.75. The minimum Gasteiger partial charge on any atom is -0.489 e. The minimum atomic E-state index is -3.06. The van der Waals surface area contributed by atoms with Gasteiger partial charge < -0.3 is 15.4 Å². The van der Waals surface area contributed by atoms with Gasteiger partial charge >= 0.3 is 0 Å². The van der Waals surface area contributed by atoms with E-state index in [1.165, 1.54) is 12.4 Å². The van der Waals surface area contributed by atoms with Crippen LogP contribution >= 0.6 is 0 Å². The Morgan fingerprint density at radius 1 is 1.26 bits per heavy atom. The number of amides is 1. The first-order chi connectivity index (χ1) is 12.8. The maximum atomic E-state index is 12.4. The predicted octanol–water partition coefficient (Wildman–Crippen LogP) is 1.92. The van der Waals surface area contributed by atoms with Crippen LogP contribution in [0.2, 0.25) is 0 Å². The molecule has 1 aliphatic rings. The number of rotatable bonds is 6. The molecule has 1 saturated heterocycles. The van der Waals surface area contributed by atoms with Crippen molar-refractivity contribution in [2.24, 2.45) is 0 Å². The summed E-state index contributed by atoms with van der Waals surface area (Å²) in [5.41, 5.74) is 0.886. The molecule has 2 N–H and O–H groups in total. The number of carbonyl (C=O) groups excluding carboxylic acids is 1. The van der Waals surface area contributed by atoms with E-state index in [0.717, 1.165) is 5.69 Å². The van der Waals surface area contributed by atoms with Crippen LogP contribution in [0, 0.1) is 0 Å². The molecule has 2 aromatic rings. The SMILES string of the molecule is CC(C)Oc1ccccc1Nc1cc(C(=O)NC2CCS(=O)(=O)C2)ncn1. The van der Waals surface area contributed by atoms with E-state index < -0.39 is 15.7 Å². The third-order valence-electron chi connectivity index (χ3n) is 3.98. The second kappa shape index (κ2) is 7.91. The number of nitrogens with zero attached hydrogens (tertiary/aromatic N) is 2. The van der Waals surface area contributed by atoms with E-state index in [0.29, 0.717) is 18.0 Å². The van der Waals surface area contributed by atoms with Crippen LogP contribution in [0.15, 0.2) is 36.7 Å². The molecule has 0 bridgehead atoms. The monoisotopic (exact) mass is 390 g/mol. The molecule has 1 aliphatic heterocycles. The van der Waals surface area contributed by atoms with E-state index in [1.807, 2.05) is 38.1 Å². The number of nitrogens with one attached hydrogen (secondary N) is 2. The molecule has 1 atom stereocenters. The zero-order chi connectivity index (χ0) is 19.4. The van der Waals surface area contributed by atoms with Gasteiger partial charge in [-0.3, -0.25) is 4.79 Å². The minimum absolute atomic E-state index is 0.0161. The molecule has 27 heavy (non-hydrogen) atoms. The van der Waals surface area contributed by atoms with Crippen molar-refractivity contribution in [1.82, 2.24) is 15.3 Å². The molecular formula is C18H22N4O4S. The van der Waals surface area contributed by atoms with E-state index in [2.05, 4.69) is 20.6 Å². The van der Waals surface area contributed by atoms with Crippen LogP contribution in [0.1, 0.15) is 30.8 Å². The Kier molecular flexibility index (Phi) is 5.59. The largest absolute Gasteiger partial charge is 0.489 e. The molecule has 1 amide bonds. The smallest absolute Gasteiger partial charge is 0.270 e. The summed E-state index contributed by atoms with van der Waals surface area (Å²) in [6.45, 7) is 3.88. The van der Waals surface area contributed by atoms with Gasteiger partial charge in [0, 0.05) is 12.1 Å². The fourth-order valence-corrected chi connectivity index (χ4v) is 4.46. The van der Waals surface area contributed by atoms with Crippen molar-refractivity contribution in [3.05, 3.63) is 42.4 Å². The molecule has 1 unspecified atom stereocenters. The van der Waals surface area contributed by atoms with Gasteiger partial charge in [-0.2, -0.15) is 0 Å².